The third-order valence-corrected chi connectivity index (χ3v) is 3.55. The second-order valence-electron chi connectivity index (χ2n) is 4.46. The fraction of sp³-hybridized carbons (Fsp3) is 0.538. The van der Waals surface area contributed by atoms with E-state index in [-0.39, 0.29) is 0 Å². The highest BCUT2D eigenvalue weighted by atomic mass is 35.5. The molecular weight excluding hydrogens is 208 g/mol. The summed E-state index contributed by atoms with van der Waals surface area (Å²) in [5.74, 6) is 1.06. The Labute approximate surface area is 96.4 Å². The molecule has 0 saturated heterocycles. The lowest BCUT2D eigenvalue weighted by Gasteiger charge is -2.32. The Kier molecular flexibility index (Phi) is 2.92. The van der Waals surface area contributed by atoms with Crippen LogP contribution in [0.5, 0.6) is 5.75 Å². The van der Waals surface area contributed by atoms with Crippen molar-refractivity contribution in [3.63, 3.8) is 0 Å². The molecule has 2 heteroatoms. The second kappa shape index (κ2) is 4.05. The number of halogens is 1. The molecule has 0 amide bonds. The molecule has 0 bridgehead atoms. The molecule has 0 N–H and O–H groups in total. The van der Waals surface area contributed by atoms with Crippen LogP contribution in [0.15, 0.2) is 12.1 Å². The van der Waals surface area contributed by atoms with Gasteiger partial charge in [-0.3, -0.25) is 0 Å². The molecular formula is C13H17ClO. The lowest BCUT2D eigenvalue weighted by Crippen LogP contribution is -2.34. The van der Waals surface area contributed by atoms with Crippen LogP contribution in [-0.2, 0) is 0 Å². The zero-order chi connectivity index (χ0) is 11.0. The highest BCUT2D eigenvalue weighted by Crippen LogP contribution is 2.33. The molecule has 0 heterocycles. The third kappa shape index (κ3) is 2.12. The van der Waals surface area contributed by atoms with Gasteiger partial charge in [0.25, 0.3) is 0 Å². The van der Waals surface area contributed by atoms with Gasteiger partial charge in [0.2, 0.25) is 0 Å². The van der Waals surface area contributed by atoms with Crippen LogP contribution in [0.25, 0.3) is 0 Å². The molecule has 0 radical (unpaired) electrons. The average molecular weight is 225 g/mol. The molecule has 0 aromatic heterocycles. The van der Waals surface area contributed by atoms with Gasteiger partial charge in [0.15, 0.2) is 0 Å². The topological polar surface area (TPSA) is 9.23 Å². The van der Waals surface area contributed by atoms with E-state index in [1.165, 1.54) is 16.7 Å². The predicted octanol–water partition coefficient (Wildman–Crippen LogP) is 3.76. The normalized spacial score (nSPS) is 24.8. The molecule has 15 heavy (non-hydrogen) atoms. The van der Waals surface area contributed by atoms with Crippen molar-refractivity contribution in [3.05, 3.63) is 28.8 Å². The Morgan fingerprint density at radius 1 is 1.13 bits per heavy atom. The number of alkyl halides is 1. The summed E-state index contributed by atoms with van der Waals surface area (Å²) < 4.78 is 5.98. The smallest absolute Gasteiger partial charge is 0.125 e. The number of hydrogen-bond donors (Lipinski definition) is 0. The number of hydrogen-bond acceptors (Lipinski definition) is 1. The van der Waals surface area contributed by atoms with Gasteiger partial charge in [0, 0.05) is 18.2 Å². The number of ether oxygens (including phenoxy) is 1. The molecule has 1 aromatic rings. The van der Waals surface area contributed by atoms with Crippen LogP contribution in [0.4, 0.5) is 0 Å². The minimum atomic E-state index is 0.320. The molecule has 1 saturated carbocycles. The van der Waals surface area contributed by atoms with Gasteiger partial charge in [-0.1, -0.05) is 12.1 Å². The molecule has 0 unspecified atom stereocenters. The fourth-order valence-corrected chi connectivity index (χ4v) is 2.27. The standard InChI is InChI=1S/C13H17ClO/c1-8-4-5-9(2)13(10(8)3)15-12-6-11(14)7-12/h4-5,11-12H,6-7H2,1-3H3. The zero-order valence-corrected chi connectivity index (χ0v) is 10.3. The van der Waals surface area contributed by atoms with E-state index in [1.54, 1.807) is 0 Å². The van der Waals surface area contributed by atoms with Gasteiger partial charge in [-0.05, 0) is 37.5 Å². The van der Waals surface area contributed by atoms with Crippen molar-refractivity contribution < 1.29 is 4.74 Å². The maximum absolute atomic E-state index is 5.98. The van der Waals surface area contributed by atoms with E-state index in [0.29, 0.717) is 11.5 Å². The largest absolute Gasteiger partial charge is 0.490 e. The van der Waals surface area contributed by atoms with Crippen molar-refractivity contribution in [1.29, 1.82) is 0 Å². The Morgan fingerprint density at radius 2 is 1.73 bits per heavy atom. The summed E-state index contributed by atoms with van der Waals surface area (Å²) >= 11 is 5.94. The van der Waals surface area contributed by atoms with E-state index in [1.807, 2.05) is 0 Å². The molecule has 1 aromatic carbocycles. The van der Waals surface area contributed by atoms with Crippen molar-refractivity contribution >= 4 is 11.6 Å². The van der Waals surface area contributed by atoms with Gasteiger partial charge in [-0.2, -0.15) is 0 Å². The van der Waals surface area contributed by atoms with Gasteiger partial charge in [0.1, 0.15) is 11.9 Å². The molecule has 1 aliphatic rings. The Morgan fingerprint density at radius 3 is 2.33 bits per heavy atom. The summed E-state index contributed by atoms with van der Waals surface area (Å²) in [6.45, 7) is 6.33. The van der Waals surface area contributed by atoms with Crippen LogP contribution in [0.3, 0.4) is 0 Å². The first-order valence-corrected chi connectivity index (χ1v) is 5.89. The van der Waals surface area contributed by atoms with Gasteiger partial charge >= 0.3 is 0 Å². The van der Waals surface area contributed by atoms with Crippen LogP contribution < -0.4 is 4.74 Å². The minimum Gasteiger partial charge on any atom is -0.490 e. The SMILES string of the molecule is Cc1ccc(C)c(OC2CC(Cl)C2)c1C. The quantitative estimate of drug-likeness (QED) is 0.695. The van der Waals surface area contributed by atoms with Crippen LogP contribution in [0.1, 0.15) is 29.5 Å². The maximum Gasteiger partial charge on any atom is 0.125 e. The van der Waals surface area contributed by atoms with E-state index in [2.05, 4.69) is 32.9 Å². The average Bonchev–Trinajstić information content (AvgIpc) is 2.15. The summed E-state index contributed by atoms with van der Waals surface area (Å²) in [6.07, 6.45) is 2.29. The lowest BCUT2D eigenvalue weighted by molar-refractivity contribution is 0.122. The zero-order valence-electron chi connectivity index (χ0n) is 9.51. The van der Waals surface area contributed by atoms with Crippen molar-refractivity contribution in [3.8, 4) is 5.75 Å². The van der Waals surface area contributed by atoms with Gasteiger partial charge in [-0.25, -0.2) is 0 Å². The van der Waals surface area contributed by atoms with Crippen molar-refractivity contribution in [2.24, 2.45) is 0 Å². The minimum absolute atomic E-state index is 0.320. The van der Waals surface area contributed by atoms with Crippen molar-refractivity contribution in [2.45, 2.75) is 45.1 Å². The molecule has 82 valence electrons. The molecule has 0 spiro atoms. The first-order valence-electron chi connectivity index (χ1n) is 5.45. The lowest BCUT2D eigenvalue weighted by atomic mass is 9.95. The van der Waals surface area contributed by atoms with Crippen LogP contribution in [0, 0.1) is 20.8 Å². The third-order valence-electron chi connectivity index (χ3n) is 3.20. The molecule has 1 nitrogen and oxygen atoms in total. The predicted molar refractivity (Wildman–Crippen MR) is 63.9 cm³/mol. The summed E-state index contributed by atoms with van der Waals surface area (Å²) in [6, 6.07) is 4.26. The summed E-state index contributed by atoms with van der Waals surface area (Å²) in [4.78, 5) is 0. The monoisotopic (exact) mass is 224 g/mol. The van der Waals surface area contributed by atoms with Gasteiger partial charge in [0.05, 0.1) is 0 Å². The second-order valence-corrected chi connectivity index (χ2v) is 5.08. The number of rotatable bonds is 2. The maximum atomic E-state index is 5.98. The Balaban J connectivity index is 2.16. The summed E-state index contributed by atoms with van der Waals surface area (Å²) in [7, 11) is 0. The first-order chi connectivity index (χ1) is 7.08. The fourth-order valence-electron chi connectivity index (χ4n) is 1.87. The van der Waals surface area contributed by atoms with E-state index in [9.17, 15) is 0 Å². The molecule has 2 rings (SSSR count). The highest BCUT2D eigenvalue weighted by Gasteiger charge is 2.29. The van der Waals surface area contributed by atoms with Crippen LogP contribution in [-0.4, -0.2) is 11.5 Å². The Bertz CT molecular complexity index is 367. The van der Waals surface area contributed by atoms with Gasteiger partial charge < -0.3 is 4.74 Å². The van der Waals surface area contributed by atoms with E-state index in [4.69, 9.17) is 16.3 Å². The molecule has 1 aliphatic carbocycles. The van der Waals surface area contributed by atoms with Gasteiger partial charge in [-0.15, -0.1) is 11.6 Å². The number of aryl methyl sites for hydroxylation is 2. The molecule has 1 fully saturated rings. The van der Waals surface area contributed by atoms with Crippen molar-refractivity contribution in [1.82, 2.24) is 0 Å². The number of benzene rings is 1. The summed E-state index contributed by atoms with van der Waals surface area (Å²) in [5, 5.41) is 0.320. The van der Waals surface area contributed by atoms with E-state index < -0.39 is 0 Å². The Hall–Kier alpha value is -0.690. The van der Waals surface area contributed by atoms with E-state index >= 15 is 0 Å². The summed E-state index contributed by atoms with van der Waals surface area (Å²) in [5.41, 5.74) is 3.77. The van der Waals surface area contributed by atoms with Crippen LogP contribution in [0.2, 0.25) is 0 Å². The molecule has 0 atom stereocenters. The van der Waals surface area contributed by atoms with Crippen LogP contribution >= 0.6 is 11.6 Å². The first kappa shape index (κ1) is 10.8. The van der Waals surface area contributed by atoms with Crippen molar-refractivity contribution in [2.75, 3.05) is 0 Å². The highest BCUT2D eigenvalue weighted by molar-refractivity contribution is 6.21. The van der Waals surface area contributed by atoms with E-state index in [0.717, 1.165) is 18.6 Å². The molecule has 0 aliphatic heterocycles.